The molecule has 0 aromatic heterocycles. The smallest absolute Gasteiger partial charge is 0.325 e. The predicted octanol–water partition coefficient (Wildman–Crippen LogP) is 0.341. The molecule has 4 amide bonds. The molecule has 1 saturated heterocycles. The van der Waals surface area contributed by atoms with Crippen molar-refractivity contribution < 1.29 is 14.4 Å². The van der Waals surface area contributed by atoms with E-state index in [-0.39, 0.29) is 24.4 Å². The van der Waals surface area contributed by atoms with Gasteiger partial charge in [-0.3, -0.25) is 14.5 Å². The number of urea groups is 1. The van der Waals surface area contributed by atoms with Crippen molar-refractivity contribution in [2.45, 2.75) is 57.0 Å². The minimum atomic E-state index is -0.783. The van der Waals surface area contributed by atoms with Crippen molar-refractivity contribution in [3.05, 3.63) is 0 Å². The van der Waals surface area contributed by atoms with Crippen molar-refractivity contribution in [3.63, 3.8) is 0 Å². The molecule has 128 valence electrons. The number of rotatable bonds is 5. The van der Waals surface area contributed by atoms with Crippen molar-refractivity contribution in [2.75, 3.05) is 13.1 Å². The summed E-state index contributed by atoms with van der Waals surface area (Å²) in [6.45, 7) is 2.33. The highest BCUT2D eigenvalue weighted by Gasteiger charge is 2.52. The highest BCUT2D eigenvalue weighted by Crippen LogP contribution is 2.36. The summed E-state index contributed by atoms with van der Waals surface area (Å²) in [5.74, 6) is 0.493. The first-order valence-electron chi connectivity index (χ1n) is 8.58. The van der Waals surface area contributed by atoms with Crippen LogP contribution in [0.4, 0.5) is 4.79 Å². The van der Waals surface area contributed by atoms with Gasteiger partial charge in [0.1, 0.15) is 12.1 Å². The molecule has 3 rings (SSSR count). The molecular formula is C16H26N4O3. The molecule has 3 fully saturated rings. The third kappa shape index (κ3) is 3.34. The number of nitrogens with two attached hydrogens (primary N) is 1. The van der Waals surface area contributed by atoms with E-state index >= 15 is 0 Å². The van der Waals surface area contributed by atoms with Gasteiger partial charge in [0.05, 0.1) is 0 Å². The van der Waals surface area contributed by atoms with Gasteiger partial charge in [0.25, 0.3) is 5.91 Å². The summed E-state index contributed by atoms with van der Waals surface area (Å²) >= 11 is 0. The predicted molar refractivity (Wildman–Crippen MR) is 84.3 cm³/mol. The molecule has 1 heterocycles. The standard InChI is InChI=1S/C16H26N4O3/c1-10-4-6-16(7-5-10)14(22)20(15(23)19-16)9-13(21)18-8-12(17)11-2-3-11/h10-12H,2-9,17H2,1H3,(H,18,21)(H,19,23). The molecular weight excluding hydrogens is 296 g/mol. The lowest BCUT2D eigenvalue weighted by Crippen LogP contribution is -2.50. The lowest BCUT2D eigenvalue weighted by Gasteiger charge is -2.33. The van der Waals surface area contributed by atoms with E-state index in [0.717, 1.165) is 30.6 Å². The second-order valence-corrected chi connectivity index (χ2v) is 7.39. The lowest BCUT2D eigenvalue weighted by molar-refractivity contribution is -0.136. The third-order valence-electron chi connectivity index (χ3n) is 5.44. The number of carbonyl (C=O) groups is 3. The molecule has 1 spiro atoms. The van der Waals surface area contributed by atoms with Gasteiger partial charge in [-0.1, -0.05) is 6.92 Å². The zero-order valence-corrected chi connectivity index (χ0v) is 13.6. The van der Waals surface area contributed by atoms with Crippen LogP contribution in [0.25, 0.3) is 0 Å². The SMILES string of the molecule is CC1CCC2(CC1)NC(=O)N(CC(=O)NCC(N)C1CC1)C2=O. The molecule has 4 N–H and O–H groups in total. The Hall–Kier alpha value is -1.63. The Morgan fingerprint density at radius 2 is 2.00 bits per heavy atom. The van der Waals surface area contributed by atoms with Gasteiger partial charge in [0.15, 0.2) is 0 Å². The summed E-state index contributed by atoms with van der Waals surface area (Å²) in [6, 6.07) is -0.487. The fourth-order valence-electron chi connectivity index (χ4n) is 3.54. The number of nitrogens with one attached hydrogen (secondary N) is 2. The highest BCUT2D eigenvalue weighted by molar-refractivity contribution is 6.09. The van der Waals surface area contributed by atoms with Crippen LogP contribution in [-0.2, 0) is 9.59 Å². The van der Waals surface area contributed by atoms with E-state index in [2.05, 4.69) is 17.6 Å². The van der Waals surface area contributed by atoms with Crippen LogP contribution in [0.2, 0.25) is 0 Å². The number of imide groups is 1. The monoisotopic (exact) mass is 322 g/mol. The zero-order chi connectivity index (χ0) is 16.6. The molecule has 23 heavy (non-hydrogen) atoms. The van der Waals surface area contributed by atoms with E-state index in [1.807, 2.05) is 0 Å². The highest BCUT2D eigenvalue weighted by atomic mass is 16.2. The summed E-state index contributed by atoms with van der Waals surface area (Å²) in [7, 11) is 0. The summed E-state index contributed by atoms with van der Waals surface area (Å²) < 4.78 is 0. The van der Waals surface area contributed by atoms with Crippen LogP contribution in [0, 0.1) is 11.8 Å². The van der Waals surface area contributed by atoms with E-state index < -0.39 is 11.6 Å². The first kappa shape index (κ1) is 16.2. The molecule has 7 nitrogen and oxygen atoms in total. The van der Waals surface area contributed by atoms with Crippen molar-refractivity contribution in [3.8, 4) is 0 Å². The average Bonchev–Trinajstić information content (AvgIpc) is 3.33. The van der Waals surface area contributed by atoms with Crippen LogP contribution >= 0.6 is 0 Å². The van der Waals surface area contributed by atoms with Gasteiger partial charge in [-0.25, -0.2) is 4.79 Å². The molecule has 2 aliphatic carbocycles. The topological polar surface area (TPSA) is 105 Å². The normalized spacial score (nSPS) is 32.1. The average molecular weight is 322 g/mol. The van der Waals surface area contributed by atoms with Gasteiger partial charge in [-0.15, -0.1) is 0 Å². The van der Waals surface area contributed by atoms with Crippen LogP contribution in [0.5, 0.6) is 0 Å². The van der Waals surface area contributed by atoms with Gasteiger partial charge in [-0.05, 0) is 50.4 Å². The van der Waals surface area contributed by atoms with E-state index in [9.17, 15) is 14.4 Å². The van der Waals surface area contributed by atoms with Crippen molar-refractivity contribution >= 4 is 17.8 Å². The second kappa shape index (κ2) is 6.11. The molecule has 0 aromatic rings. The second-order valence-electron chi connectivity index (χ2n) is 7.39. The van der Waals surface area contributed by atoms with E-state index in [1.54, 1.807) is 0 Å². The molecule has 7 heteroatoms. The molecule has 0 radical (unpaired) electrons. The Balaban J connectivity index is 1.54. The summed E-state index contributed by atoms with van der Waals surface area (Å²) in [5, 5.41) is 5.55. The number of nitrogens with zero attached hydrogens (tertiary/aromatic N) is 1. The fourth-order valence-corrected chi connectivity index (χ4v) is 3.54. The Bertz CT molecular complexity index is 509. The van der Waals surface area contributed by atoms with Crippen LogP contribution in [0.3, 0.4) is 0 Å². The van der Waals surface area contributed by atoms with Gasteiger partial charge < -0.3 is 16.4 Å². The van der Waals surface area contributed by atoms with Gasteiger partial charge in [0.2, 0.25) is 5.91 Å². The van der Waals surface area contributed by atoms with Crippen LogP contribution in [0.15, 0.2) is 0 Å². The van der Waals surface area contributed by atoms with Crippen molar-refractivity contribution in [1.29, 1.82) is 0 Å². The first-order chi connectivity index (χ1) is 10.9. The molecule has 2 saturated carbocycles. The van der Waals surface area contributed by atoms with Gasteiger partial charge in [-0.2, -0.15) is 0 Å². The largest absolute Gasteiger partial charge is 0.353 e. The van der Waals surface area contributed by atoms with Gasteiger partial charge >= 0.3 is 6.03 Å². The molecule has 1 aliphatic heterocycles. The summed E-state index contributed by atoms with van der Waals surface area (Å²) in [4.78, 5) is 37.8. The summed E-state index contributed by atoms with van der Waals surface area (Å²) in [6.07, 6.45) is 5.38. The maximum absolute atomic E-state index is 12.6. The Morgan fingerprint density at radius 3 is 2.61 bits per heavy atom. The van der Waals surface area contributed by atoms with Crippen LogP contribution in [-0.4, -0.2) is 47.4 Å². The minimum absolute atomic E-state index is 0.0340. The Kier molecular flexibility index (Phi) is 4.31. The Morgan fingerprint density at radius 1 is 1.35 bits per heavy atom. The quantitative estimate of drug-likeness (QED) is 0.635. The van der Waals surface area contributed by atoms with Crippen molar-refractivity contribution in [1.82, 2.24) is 15.5 Å². The minimum Gasteiger partial charge on any atom is -0.353 e. The maximum atomic E-state index is 12.6. The Labute approximate surface area is 136 Å². The van der Waals surface area contributed by atoms with Crippen molar-refractivity contribution in [2.24, 2.45) is 17.6 Å². The van der Waals surface area contributed by atoms with Crippen LogP contribution < -0.4 is 16.4 Å². The summed E-state index contributed by atoms with van der Waals surface area (Å²) in [5.41, 5.74) is 5.16. The maximum Gasteiger partial charge on any atom is 0.325 e. The van der Waals surface area contributed by atoms with E-state index in [4.69, 9.17) is 5.73 Å². The van der Waals surface area contributed by atoms with Gasteiger partial charge in [0, 0.05) is 12.6 Å². The molecule has 1 atom stereocenters. The third-order valence-corrected chi connectivity index (χ3v) is 5.44. The molecule has 0 aromatic carbocycles. The number of amides is 4. The zero-order valence-electron chi connectivity index (χ0n) is 13.6. The number of hydrogen-bond donors (Lipinski definition) is 3. The fraction of sp³-hybridized carbons (Fsp3) is 0.812. The molecule has 3 aliphatic rings. The van der Waals surface area contributed by atoms with E-state index in [0.29, 0.717) is 31.2 Å². The van der Waals surface area contributed by atoms with Crippen LogP contribution in [0.1, 0.15) is 45.4 Å². The first-order valence-corrected chi connectivity index (χ1v) is 8.58. The molecule has 1 unspecified atom stereocenters. The number of hydrogen-bond acceptors (Lipinski definition) is 4. The molecule has 0 bridgehead atoms. The lowest BCUT2D eigenvalue weighted by atomic mass is 9.77. The van der Waals surface area contributed by atoms with E-state index in [1.165, 1.54) is 0 Å². The number of carbonyl (C=O) groups excluding carboxylic acids is 3.